The minimum absolute atomic E-state index is 0.494. The van der Waals surface area contributed by atoms with E-state index in [2.05, 4.69) is 67.2 Å². The van der Waals surface area contributed by atoms with Crippen molar-refractivity contribution in [1.82, 2.24) is 15.1 Å². The number of nitrogens with one attached hydrogen (secondary N) is 1. The van der Waals surface area contributed by atoms with Gasteiger partial charge >= 0.3 is 0 Å². The maximum atomic E-state index is 3.73. The molecule has 0 spiro atoms. The molecule has 1 aliphatic heterocycles. The van der Waals surface area contributed by atoms with E-state index in [9.17, 15) is 0 Å². The van der Waals surface area contributed by atoms with Crippen molar-refractivity contribution in [3.05, 3.63) is 35.4 Å². The predicted molar refractivity (Wildman–Crippen MR) is 88.6 cm³/mol. The number of likely N-dealkylation sites (N-methyl/N-ethyl adjacent to an activating group) is 2. The third kappa shape index (κ3) is 2.75. The Labute approximate surface area is 129 Å². The van der Waals surface area contributed by atoms with E-state index in [-0.39, 0.29) is 0 Å². The zero-order valence-electron chi connectivity index (χ0n) is 13.8. The van der Waals surface area contributed by atoms with E-state index in [0.29, 0.717) is 24.2 Å². The summed E-state index contributed by atoms with van der Waals surface area (Å²) in [6, 6.07) is 11.4. The molecule has 2 aliphatic rings. The van der Waals surface area contributed by atoms with Gasteiger partial charge in [0.05, 0.1) is 0 Å². The minimum Gasteiger partial charge on any atom is -0.309 e. The summed E-state index contributed by atoms with van der Waals surface area (Å²) in [6.07, 6.45) is 1.19. The summed E-state index contributed by atoms with van der Waals surface area (Å²) in [4.78, 5) is 5.24. The van der Waals surface area contributed by atoms with Crippen LogP contribution in [0.5, 0.6) is 0 Å². The van der Waals surface area contributed by atoms with Crippen LogP contribution in [0, 0.1) is 0 Å². The van der Waals surface area contributed by atoms with Crippen molar-refractivity contribution >= 4 is 0 Å². The van der Waals surface area contributed by atoms with Gasteiger partial charge in [0, 0.05) is 37.3 Å². The lowest BCUT2D eigenvalue weighted by atomic mass is 10.0. The second kappa shape index (κ2) is 6.07. The van der Waals surface area contributed by atoms with E-state index in [1.807, 2.05) is 0 Å². The molecule has 0 aromatic heterocycles. The zero-order chi connectivity index (χ0) is 15.0. The molecular weight excluding hydrogens is 258 g/mol. The monoisotopic (exact) mass is 287 g/mol. The van der Waals surface area contributed by atoms with Gasteiger partial charge in [0.2, 0.25) is 0 Å². The summed E-state index contributed by atoms with van der Waals surface area (Å²) < 4.78 is 0. The van der Waals surface area contributed by atoms with Crippen molar-refractivity contribution in [3.63, 3.8) is 0 Å². The first kappa shape index (κ1) is 15.0. The number of hydrogen-bond donors (Lipinski definition) is 1. The van der Waals surface area contributed by atoms with Gasteiger partial charge in [0.15, 0.2) is 0 Å². The van der Waals surface area contributed by atoms with Crippen molar-refractivity contribution in [3.8, 4) is 0 Å². The van der Waals surface area contributed by atoms with Crippen LogP contribution in [0.2, 0.25) is 0 Å². The molecule has 116 valence electrons. The fourth-order valence-corrected chi connectivity index (χ4v) is 4.10. The summed E-state index contributed by atoms with van der Waals surface area (Å²) in [5.74, 6) is 0. The fraction of sp³-hybridized carbons (Fsp3) is 0.667. The van der Waals surface area contributed by atoms with Gasteiger partial charge in [-0.3, -0.25) is 9.80 Å². The number of fused-ring (bicyclic) bond motifs is 1. The van der Waals surface area contributed by atoms with Crippen molar-refractivity contribution < 1.29 is 0 Å². The molecular formula is C18H29N3. The van der Waals surface area contributed by atoms with Crippen LogP contribution in [0.25, 0.3) is 0 Å². The second-order valence-corrected chi connectivity index (χ2v) is 6.82. The van der Waals surface area contributed by atoms with Crippen LogP contribution in [-0.2, 0) is 6.42 Å². The maximum Gasteiger partial charge on any atom is 0.0484 e. The molecule has 21 heavy (non-hydrogen) atoms. The third-order valence-electron chi connectivity index (χ3n) is 5.49. The highest BCUT2D eigenvalue weighted by molar-refractivity contribution is 5.37. The summed E-state index contributed by atoms with van der Waals surface area (Å²) >= 11 is 0. The highest BCUT2D eigenvalue weighted by Crippen LogP contribution is 2.35. The van der Waals surface area contributed by atoms with Crippen LogP contribution >= 0.6 is 0 Å². The first-order valence-corrected chi connectivity index (χ1v) is 8.39. The van der Waals surface area contributed by atoms with E-state index < -0.39 is 0 Å². The second-order valence-electron chi connectivity index (χ2n) is 6.82. The van der Waals surface area contributed by atoms with Crippen molar-refractivity contribution in [2.75, 3.05) is 26.7 Å². The molecule has 1 fully saturated rings. The molecule has 3 nitrogen and oxygen atoms in total. The predicted octanol–water partition coefficient (Wildman–Crippen LogP) is 2.29. The van der Waals surface area contributed by atoms with Gasteiger partial charge in [-0.2, -0.15) is 0 Å². The molecule has 0 bridgehead atoms. The van der Waals surface area contributed by atoms with Gasteiger partial charge < -0.3 is 5.32 Å². The van der Waals surface area contributed by atoms with Crippen LogP contribution in [0.3, 0.4) is 0 Å². The molecule has 4 unspecified atom stereocenters. The molecule has 0 radical (unpaired) electrons. The van der Waals surface area contributed by atoms with Crippen molar-refractivity contribution in [2.45, 2.75) is 51.4 Å². The minimum atomic E-state index is 0.494. The molecule has 3 heteroatoms. The maximum absolute atomic E-state index is 3.73. The van der Waals surface area contributed by atoms with Gasteiger partial charge in [0.1, 0.15) is 0 Å². The van der Waals surface area contributed by atoms with E-state index in [1.54, 1.807) is 0 Å². The summed E-state index contributed by atoms with van der Waals surface area (Å²) in [5.41, 5.74) is 3.05. The molecule has 1 saturated heterocycles. The molecule has 1 aromatic carbocycles. The Morgan fingerprint density at radius 3 is 2.48 bits per heavy atom. The highest BCUT2D eigenvalue weighted by Gasteiger charge is 2.39. The van der Waals surface area contributed by atoms with Crippen LogP contribution in [0.1, 0.15) is 37.9 Å². The van der Waals surface area contributed by atoms with E-state index in [1.165, 1.54) is 30.6 Å². The Hall–Kier alpha value is -0.900. The summed E-state index contributed by atoms with van der Waals surface area (Å²) in [5, 5.41) is 3.73. The lowest BCUT2D eigenvalue weighted by Gasteiger charge is -2.46. The molecule has 1 N–H and O–H groups in total. The molecule has 0 amide bonds. The van der Waals surface area contributed by atoms with Gasteiger partial charge in [-0.1, -0.05) is 31.2 Å². The van der Waals surface area contributed by atoms with E-state index in [4.69, 9.17) is 0 Å². The van der Waals surface area contributed by atoms with E-state index >= 15 is 0 Å². The van der Waals surface area contributed by atoms with Gasteiger partial charge in [0.25, 0.3) is 0 Å². The first-order chi connectivity index (χ1) is 10.1. The van der Waals surface area contributed by atoms with Gasteiger partial charge in [-0.25, -0.2) is 0 Å². The molecule has 4 atom stereocenters. The largest absolute Gasteiger partial charge is 0.309 e. The molecule has 1 aliphatic carbocycles. The topological polar surface area (TPSA) is 18.5 Å². The fourth-order valence-electron chi connectivity index (χ4n) is 4.10. The normalized spacial score (nSPS) is 34.1. The Morgan fingerprint density at radius 2 is 1.81 bits per heavy atom. The zero-order valence-corrected chi connectivity index (χ0v) is 13.8. The Kier molecular flexibility index (Phi) is 4.34. The quantitative estimate of drug-likeness (QED) is 0.920. The Balaban J connectivity index is 1.82. The number of benzene rings is 1. The Morgan fingerprint density at radius 1 is 1.14 bits per heavy atom. The average Bonchev–Trinajstić information content (AvgIpc) is 2.84. The number of rotatable bonds is 3. The Bertz CT molecular complexity index is 475. The number of piperazine rings is 1. The number of nitrogens with zero attached hydrogens (tertiary/aromatic N) is 2. The standard InChI is InChI=1S/C18H29N3/c1-5-19-18-16-9-7-6-8-15(16)10-17(18)21-11-13(2)20(4)14(3)12-21/h6-9,13-14,17-19H,5,10-12H2,1-4H3. The van der Waals surface area contributed by atoms with Crippen LogP contribution in [0.15, 0.2) is 24.3 Å². The van der Waals surface area contributed by atoms with Gasteiger partial charge in [-0.15, -0.1) is 0 Å². The number of hydrogen-bond acceptors (Lipinski definition) is 3. The SMILES string of the molecule is CCNC1c2ccccc2CC1N1CC(C)N(C)C(C)C1. The van der Waals surface area contributed by atoms with Crippen molar-refractivity contribution in [2.24, 2.45) is 0 Å². The summed E-state index contributed by atoms with van der Waals surface area (Å²) in [6.45, 7) is 10.3. The average molecular weight is 287 g/mol. The molecule has 3 rings (SSSR count). The first-order valence-electron chi connectivity index (χ1n) is 8.39. The lowest BCUT2D eigenvalue weighted by molar-refractivity contribution is 0.0261. The van der Waals surface area contributed by atoms with E-state index in [0.717, 1.165) is 6.54 Å². The van der Waals surface area contributed by atoms with Crippen LogP contribution < -0.4 is 5.32 Å². The third-order valence-corrected chi connectivity index (χ3v) is 5.49. The lowest BCUT2D eigenvalue weighted by Crippen LogP contribution is -2.59. The summed E-state index contributed by atoms with van der Waals surface area (Å²) in [7, 11) is 2.26. The van der Waals surface area contributed by atoms with Crippen LogP contribution in [-0.4, -0.2) is 54.6 Å². The molecule has 0 saturated carbocycles. The van der Waals surface area contributed by atoms with Gasteiger partial charge in [-0.05, 0) is 45.0 Å². The van der Waals surface area contributed by atoms with Crippen molar-refractivity contribution in [1.29, 1.82) is 0 Å². The molecule has 1 aromatic rings. The highest BCUT2D eigenvalue weighted by atomic mass is 15.3. The molecule has 1 heterocycles. The van der Waals surface area contributed by atoms with Crippen LogP contribution in [0.4, 0.5) is 0 Å². The smallest absolute Gasteiger partial charge is 0.0484 e.